The fraction of sp³-hybridized carbons (Fsp3) is 0.381. The maximum Gasteiger partial charge on any atom is 0.191 e. The second-order valence-corrected chi connectivity index (χ2v) is 6.50. The highest BCUT2D eigenvalue weighted by atomic mass is 127. The molecule has 0 unspecified atom stereocenters. The van der Waals surface area contributed by atoms with Gasteiger partial charge in [-0.25, -0.2) is 0 Å². The van der Waals surface area contributed by atoms with E-state index in [0.29, 0.717) is 0 Å². The molecule has 146 valence electrons. The molecule has 3 rings (SSSR count). The standard InChI is InChI=1S/C21H28N4O.HI/c1-22-21(24-15-17-7-9-20(26-2)10-8-17)23-12-14-25-13-11-18-5-3-4-6-19(18)16-25;/h3-10H,11-16H2,1-2H3,(H2,22,23,24);1H. The van der Waals surface area contributed by atoms with E-state index in [4.69, 9.17) is 4.74 Å². The minimum Gasteiger partial charge on any atom is -0.497 e. The first kappa shape index (κ1) is 21.5. The molecule has 2 aromatic rings. The molecular weight excluding hydrogens is 451 g/mol. The number of fused-ring (bicyclic) bond motifs is 1. The van der Waals surface area contributed by atoms with Gasteiger partial charge in [-0.2, -0.15) is 0 Å². The summed E-state index contributed by atoms with van der Waals surface area (Å²) in [5, 5.41) is 6.76. The quantitative estimate of drug-likeness (QED) is 0.379. The van der Waals surface area contributed by atoms with Gasteiger partial charge in [0.15, 0.2) is 5.96 Å². The third kappa shape index (κ3) is 6.39. The lowest BCUT2D eigenvalue weighted by atomic mass is 10.00. The first-order valence-corrected chi connectivity index (χ1v) is 9.15. The molecule has 0 fully saturated rings. The van der Waals surface area contributed by atoms with E-state index in [2.05, 4.69) is 56.9 Å². The lowest BCUT2D eigenvalue weighted by Crippen LogP contribution is -2.42. The minimum absolute atomic E-state index is 0. The molecule has 1 aliphatic heterocycles. The third-order valence-corrected chi connectivity index (χ3v) is 4.77. The van der Waals surface area contributed by atoms with Gasteiger partial charge in [0.2, 0.25) is 0 Å². The third-order valence-electron chi connectivity index (χ3n) is 4.77. The number of methoxy groups -OCH3 is 1. The van der Waals surface area contributed by atoms with Crippen molar-refractivity contribution in [2.45, 2.75) is 19.5 Å². The van der Waals surface area contributed by atoms with E-state index >= 15 is 0 Å². The van der Waals surface area contributed by atoms with E-state index in [1.165, 1.54) is 16.7 Å². The van der Waals surface area contributed by atoms with Gasteiger partial charge in [-0.1, -0.05) is 36.4 Å². The molecule has 0 amide bonds. The number of hydrogen-bond donors (Lipinski definition) is 2. The van der Waals surface area contributed by atoms with E-state index < -0.39 is 0 Å². The fourth-order valence-corrected chi connectivity index (χ4v) is 3.23. The molecule has 0 atom stereocenters. The number of nitrogens with one attached hydrogen (secondary N) is 2. The lowest BCUT2D eigenvalue weighted by molar-refractivity contribution is 0.258. The normalized spacial score (nSPS) is 14.1. The summed E-state index contributed by atoms with van der Waals surface area (Å²) < 4.78 is 5.19. The Bertz CT molecular complexity index is 733. The Morgan fingerprint density at radius 2 is 1.81 bits per heavy atom. The van der Waals surface area contributed by atoms with Crippen LogP contribution in [0.25, 0.3) is 0 Å². The SMILES string of the molecule is CN=C(NCCN1CCc2ccccc2C1)NCc1ccc(OC)cc1.I. The van der Waals surface area contributed by atoms with Crippen molar-refractivity contribution in [2.24, 2.45) is 4.99 Å². The predicted octanol–water partition coefficient (Wildman–Crippen LogP) is 3.04. The highest BCUT2D eigenvalue weighted by molar-refractivity contribution is 14.0. The number of rotatable bonds is 6. The molecule has 2 aromatic carbocycles. The first-order valence-electron chi connectivity index (χ1n) is 9.15. The zero-order valence-corrected chi connectivity index (χ0v) is 18.4. The lowest BCUT2D eigenvalue weighted by Gasteiger charge is -2.28. The van der Waals surface area contributed by atoms with Crippen LogP contribution in [0.3, 0.4) is 0 Å². The van der Waals surface area contributed by atoms with Crippen molar-refractivity contribution in [3.05, 3.63) is 65.2 Å². The second-order valence-electron chi connectivity index (χ2n) is 6.50. The van der Waals surface area contributed by atoms with Crippen LogP contribution in [0.4, 0.5) is 0 Å². The molecule has 0 bridgehead atoms. The van der Waals surface area contributed by atoms with Crippen molar-refractivity contribution in [1.29, 1.82) is 0 Å². The van der Waals surface area contributed by atoms with E-state index in [-0.39, 0.29) is 24.0 Å². The Morgan fingerprint density at radius 3 is 2.52 bits per heavy atom. The first-order chi connectivity index (χ1) is 12.8. The zero-order valence-electron chi connectivity index (χ0n) is 16.1. The summed E-state index contributed by atoms with van der Waals surface area (Å²) in [4.78, 5) is 6.80. The molecule has 0 saturated carbocycles. The molecule has 1 aliphatic rings. The summed E-state index contributed by atoms with van der Waals surface area (Å²) in [5.41, 5.74) is 4.15. The van der Waals surface area contributed by atoms with Crippen molar-refractivity contribution in [1.82, 2.24) is 15.5 Å². The van der Waals surface area contributed by atoms with Gasteiger partial charge in [0.25, 0.3) is 0 Å². The molecule has 6 heteroatoms. The molecular formula is C21H29IN4O. The van der Waals surface area contributed by atoms with Gasteiger partial charge < -0.3 is 15.4 Å². The average Bonchev–Trinajstić information content (AvgIpc) is 2.70. The monoisotopic (exact) mass is 480 g/mol. The van der Waals surface area contributed by atoms with Crippen LogP contribution in [0.5, 0.6) is 5.75 Å². The zero-order chi connectivity index (χ0) is 18.2. The Kier molecular flexibility index (Phi) is 8.87. The van der Waals surface area contributed by atoms with Crippen molar-refractivity contribution in [3.8, 4) is 5.75 Å². The van der Waals surface area contributed by atoms with Crippen LogP contribution in [0, 0.1) is 0 Å². The van der Waals surface area contributed by atoms with E-state index in [0.717, 1.165) is 50.9 Å². The molecule has 1 heterocycles. The van der Waals surface area contributed by atoms with Crippen LogP contribution in [0.15, 0.2) is 53.5 Å². The van der Waals surface area contributed by atoms with Crippen molar-refractivity contribution in [2.75, 3.05) is 33.8 Å². The number of benzene rings is 2. The molecule has 27 heavy (non-hydrogen) atoms. The highest BCUT2D eigenvalue weighted by Crippen LogP contribution is 2.17. The summed E-state index contributed by atoms with van der Waals surface area (Å²) >= 11 is 0. The Hall–Kier alpha value is -1.80. The Morgan fingerprint density at radius 1 is 1.07 bits per heavy atom. The number of guanidine groups is 1. The summed E-state index contributed by atoms with van der Waals surface area (Å²) in [6.07, 6.45) is 1.14. The predicted molar refractivity (Wildman–Crippen MR) is 122 cm³/mol. The molecule has 5 nitrogen and oxygen atoms in total. The molecule has 0 saturated heterocycles. The van der Waals surface area contributed by atoms with Crippen LogP contribution in [-0.4, -0.2) is 44.7 Å². The molecule has 0 spiro atoms. The van der Waals surface area contributed by atoms with E-state index in [9.17, 15) is 0 Å². The Balaban J connectivity index is 0.00000261. The molecule has 2 N–H and O–H groups in total. The Labute approximate surface area is 179 Å². The van der Waals surface area contributed by atoms with E-state index in [1.54, 1.807) is 14.2 Å². The summed E-state index contributed by atoms with van der Waals surface area (Å²) in [6.45, 7) is 4.79. The maximum atomic E-state index is 5.19. The van der Waals surface area contributed by atoms with Gasteiger partial charge >= 0.3 is 0 Å². The molecule has 0 aromatic heterocycles. The van der Waals surface area contributed by atoms with Crippen molar-refractivity contribution in [3.63, 3.8) is 0 Å². The highest BCUT2D eigenvalue weighted by Gasteiger charge is 2.14. The van der Waals surface area contributed by atoms with Gasteiger partial charge in [0.05, 0.1) is 7.11 Å². The van der Waals surface area contributed by atoms with Gasteiger partial charge in [0.1, 0.15) is 5.75 Å². The number of ether oxygens (including phenoxy) is 1. The van der Waals surface area contributed by atoms with Crippen LogP contribution in [0.1, 0.15) is 16.7 Å². The van der Waals surface area contributed by atoms with Gasteiger partial charge in [-0.3, -0.25) is 9.89 Å². The van der Waals surface area contributed by atoms with Crippen molar-refractivity contribution < 1.29 is 4.74 Å². The number of halogens is 1. The number of aliphatic imine (C=N–C) groups is 1. The topological polar surface area (TPSA) is 48.9 Å². The minimum atomic E-state index is 0. The van der Waals surface area contributed by atoms with Crippen LogP contribution in [0.2, 0.25) is 0 Å². The summed E-state index contributed by atoms with van der Waals surface area (Å²) in [5.74, 6) is 1.71. The van der Waals surface area contributed by atoms with Gasteiger partial charge in [-0.05, 0) is 35.2 Å². The van der Waals surface area contributed by atoms with Crippen LogP contribution < -0.4 is 15.4 Å². The number of hydrogen-bond acceptors (Lipinski definition) is 3. The van der Waals surface area contributed by atoms with Gasteiger partial charge in [0, 0.05) is 39.8 Å². The smallest absolute Gasteiger partial charge is 0.191 e. The van der Waals surface area contributed by atoms with Crippen LogP contribution >= 0.6 is 24.0 Å². The van der Waals surface area contributed by atoms with E-state index in [1.807, 2.05) is 12.1 Å². The largest absolute Gasteiger partial charge is 0.497 e. The second kappa shape index (κ2) is 11.1. The fourth-order valence-electron chi connectivity index (χ4n) is 3.23. The summed E-state index contributed by atoms with van der Waals surface area (Å²) in [7, 11) is 3.49. The molecule has 0 aliphatic carbocycles. The van der Waals surface area contributed by atoms with Gasteiger partial charge in [-0.15, -0.1) is 24.0 Å². The van der Waals surface area contributed by atoms with Crippen LogP contribution in [-0.2, 0) is 19.5 Å². The average molecular weight is 480 g/mol. The molecule has 0 radical (unpaired) electrons. The summed E-state index contributed by atoms with van der Waals surface area (Å²) in [6, 6.07) is 16.8. The number of nitrogens with zero attached hydrogens (tertiary/aromatic N) is 2. The van der Waals surface area contributed by atoms with Crippen molar-refractivity contribution >= 4 is 29.9 Å². The maximum absolute atomic E-state index is 5.19.